The minimum absolute atomic E-state index is 0.0169. The van der Waals surface area contributed by atoms with Gasteiger partial charge in [-0.3, -0.25) is 19.0 Å². The van der Waals surface area contributed by atoms with E-state index in [9.17, 15) is 9.59 Å². The van der Waals surface area contributed by atoms with E-state index in [1.54, 1.807) is 30.6 Å². The molecule has 3 aromatic heterocycles. The fraction of sp³-hybridized carbons (Fsp3) is 0.0625. The molecule has 3 rings (SSSR count). The quantitative estimate of drug-likeness (QED) is 0.447. The first-order valence-electron chi connectivity index (χ1n) is 6.98. The maximum Gasteiger partial charge on any atom is 0.272 e. The van der Waals surface area contributed by atoms with Crippen LogP contribution in [0, 0.1) is 6.92 Å². The second kappa shape index (κ2) is 6.59. The summed E-state index contributed by atoms with van der Waals surface area (Å²) >= 11 is 6.04. The molecule has 0 saturated heterocycles. The molecule has 1 amide bonds. The molecule has 0 aliphatic heterocycles. The molecule has 0 radical (unpaired) electrons. The third-order valence-electron chi connectivity index (χ3n) is 3.24. The van der Waals surface area contributed by atoms with Gasteiger partial charge in [-0.2, -0.15) is 5.10 Å². The van der Waals surface area contributed by atoms with Crippen LogP contribution in [0.2, 0.25) is 5.15 Å². The average molecular weight is 342 g/mol. The number of aryl methyl sites for hydroxylation is 1. The zero-order valence-electron chi connectivity index (χ0n) is 12.6. The molecule has 120 valence electrons. The Labute approximate surface area is 141 Å². The second-order valence-electron chi connectivity index (χ2n) is 5.00. The molecule has 0 aliphatic rings. The smallest absolute Gasteiger partial charge is 0.268 e. The first kappa shape index (κ1) is 15.8. The molecule has 0 fully saturated rings. The van der Waals surface area contributed by atoms with E-state index in [-0.39, 0.29) is 16.3 Å². The Morgan fingerprint density at radius 2 is 2.21 bits per heavy atom. The Morgan fingerprint density at radius 1 is 1.38 bits per heavy atom. The van der Waals surface area contributed by atoms with Gasteiger partial charge in [0, 0.05) is 18.6 Å². The normalized spacial score (nSPS) is 11.1. The number of pyridine rings is 2. The van der Waals surface area contributed by atoms with Gasteiger partial charge < -0.3 is 0 Å². The zero-order chi connectivity index (χ0) is 17.1. The molecule has 3 aromatic rings. The second-order valence-corrected chi connectivity index (χ2v) is 5.35. The molecule has 0 saturated carbocycles. The summed E-state index contributed by atoms with van der Waals surface area (Å²) in [5.41, 5.74) is 3.73. The number of nitrogens with zero attached hydrogens (tertiary/aromatic N) is 4. The number of halogens is 1. The van der Waals surface area contributed by atoms with Crippen molar-refractivity contribution in [1.82, 2.24) is 19.8 Å². The lowest BCUT2D eigenvalue weighted by Gasteiger charge is -2.04. The van der Waals surface area contributed by atoms with Crippen LogP contribution < -0.4 is 11.0 Å². The van der Waals surface area contributed by atoms with E-state index in [4.69, 9.17) is 11.6 Å². The van der Waals surface area contributed by atoms with Crippen LogP contribution in [0.5, 0.6) is 0 Å². The first-order valence-corrected chi connectivity index (χ1v) is 7.36. The summed E-state index contributed by atoms with van der Waals surface area (Å²) in [6, 6.07) is 6.77. The molecular formula is C16H12ClN5O2. The highest BCUT2D eigenvalue weighted by molar-refractivity contribution is 6.32. The predicted octanol–water partition coefficient (Wildman–Crippen LogP) is 1.82. The molecular weight excluding hydrogens is 330 g/mol. The highest BCUT2D eigenvalue weighted by Crippen LogP contribution is 2.10. The molecule has 0 bridgehead atoms. The van der Waals surface area contributed by atoms with E-state index in [0.29, 0.717) is 11.2 Å². The Balaban J connectivity index is 1.90. The van der Waals surface area contributed by atoms with E-state index in [2.05, 4.69) is 20.5 Å². The van der Waals surface area contributed by atoms with E-state index in [1.807, 2.05) is 13.0 Å². The van der Waals surface area contributed by atoms with Gasteiger partial charge in [0.25, 0.3) is 11.5 Å². The van der Waals surface area contributed by atoms with Gasteiger partial charge in [-0.15, -0.1) is 0 Å². The molecule has 0 aromatic carbocycles. The highest BCUT2D eigenvalue weighted by atomic mass is 35.5. The molecule has 3 heterocycles. The van der Waals surface area contributed by atoms with Gasteiger partial charge in [-0.05, 0) is 30.7 Å². The molecule has 0 unspecified atom stereocenters. The van der Waals surface area contributed by atoms with Crippen molar-refractivity contribution < 1.29 is 4.79 Å². The van der Waals surface area contributed by atoms with Crippen molar-refractivity contribution in [2.75, 3.05) is 0 Å². The number of carbonyl (C=O) groups is 1. The van der Waals surface area contributed by atoms with E-state index < -0.39 is 5.91 Å². The number of hydrazone groups is 1. The first-order chi connectivity index (χ1) is 11.6. The van der Waals surface area contributed by atoms with Crippen molar-refractivity contribution in [3.63, 3.8) is 0 Å². The fourth-order valence-corrected chi connectivity index (χ4v) is 2.27. The lowest BCUT2D eigenvalue weighted by atomic mass is 10.3. The van der Waals surface area contributed by atoms with Gasteiger partial charge in [0.2, 0.25) is 0 Å². The number of aromatic nitrogens is 3. The van der Waals surface area contributed by atoms with E-state index in [0.717, 1.165) is 5.56 Å². The van der Waals surface area contributed by atoms with Crippen LogP contribution >= 0.6 is 11.6 Å². The van der Waals surface area contributed by atoms with Crippen molar-refractivity contribution in [3.8, 4) is 0 Å². The maximum absolute atomic E-state index is 12.5. The third-order valence-corrected chi connectivity index (χ3v) is 3.53. The number of hydrogen-bond acceptors (Lipinski definition) is 5. The summed E-state index contributed by atoms with van der Waals surface area (Å²) in [6.45, 7) is 1.86. The minimum atomic E-state index is -0.444. The van der Waals surface area contributed by atoms with E-state index in [1.165, 1.54) is 16.8 Å². The van der Waals surface area contributed by atoms with Crippen molar-refractivity contribution in [1.29, 1.82) is 0 Å². The Hall–Kier alpha value is -3.06. The zero-order valence-corrected chi connectivity index (χ0v) is 13.4. The van der Waals surface area contributed by atoms with Crippen LogP contribution in [-0.2, 0) is 0 Å². The average Bonchev–Trinajstić information content (AvgIpc) is 2.59. The van der Waals surface area contributed by atoms with Crippen LogP contribution in [0.25, 0.3) is 5.65 Å². The van der Waals surface area contributed by atoms with Crippen LogP contribution in [0.15, 0.2) is 52.8 Å². The predicted molar refractivity (Wildman–Crippen MR) is 90.5 cm³/mol. The molecule has 0 atom stereocenters. The molecule has 0 spiro atoms. The fourth-order valence-electron chi connectivity index (χ4n) is 2.06. The summed E-state index contributed by atoms with van der Waals surface area (Å²) in [7, 11) is 0. The van der Waals surface area contributed by atoms with Crippen molar-refractivity contribution >= 4 is 29.4 Å². The number of hydrogen-bond donors (Lipinski definition) is 1. The monoisotopic (exact) mass is 341 g/mol. The van der Waals surface area contributed by atoms with Crippen molar-refractivity contribution in [2.45, 2.75) is 6.92 Å². The van der Waals surface area contributed by atoms with Crippen molar-refractivity contribution in [2.24, 2.45) is 5.10 Å². The van der Waals surface area contributed by atoms with Gasteiger partial charge in [0.1, 0.15) is 10.8 Å². The third kappa shape index (κ3) is 3.16. The van der Waals surface area contributed by atoms with Crippen LogP contribution in [0.3, 0.4) is 0 Å². The molecule has 8 heteroatoms. The number of fused-ring (bicyclic) bond motifs is 1. The Bertz CT molecular complexity index is 999. The number of nitrogens with one attached hydrogen (secondary N) is 1. The largest absolute Gasteiger partial charge is 0.272 e. The molecule has 1 N–H and O–H groups in total. The van der Waals surface area contributed by atoms with Crippen molar-refractivity contribution in [3.05, 3.63) is 75.1 Å². The van der Waals surface area contributed by atoms with Crippen LogP contribution in [0.1, 0.15) is 21.5 Å². The molecule has 0 aliphatic carbocycles. The SMILES string of the molecule is Cc1ccc2nc(Cl)c(/C=N/NC(=O)c3cccnc3)c(=O)n2c1. The van der Waals surface area contributed by atoms with E-state index >= 15 is 0 Å². The molecule has 24 heavy (non-hydrogen) atoms. The topological polar surface area (TPSA) is 88.7 Å². The number of amides is 1. The number of carbonyl (C=O) groups excluding carboxylic acids is 1. The summed E-state index contributed by atoms with van der Waals surface area (Å²) < 4.78 is 1.38. The van der Waals surface area contributed by atoms with Gasteiger partial charge >= 0.3 is 0 Å². The summed E-state index contributed by atoms with van der Waals surface area (Å²) in [5, 5.41) is 3.80. The van der Waals surface area contributed by atoms with Gasteiger partial charge in [0.15, 0.2) is 0 Å². The molecule has 7 nitrogen and oxygen atoms in total. The summed E-state index contributed by atoms with van der Waals surface area (Å²) in [6.07, 6.45) is 5.81. The van der Waals surface area contributed by atoms with Gasteiger partial charge in [-0.1, -0.05) is 17.7 Å². The lowest BCUT2D eigenvalue weighted by Crippen LogP contribution is -2.22. The minimum Gasteiger partial charge on any atom is -0.268 e. The highest BCUT2D eigenvalue weighted by Gasteiger charge is 2.10. The standard InChI is InChI=1S/C16H12ClN5O2/c1-10-4-5-13-20-14(17)12(16(24)22(13)9-10)8-19-21-15(23)11-3-2-6-18-7-11/h2-9H,1H3,(H,21,23)/b19-8+. The summed E-state index contributed by atoms with van der Waals surface area (Å²) in [4.78, 5) is 32.3. The Kier molecular flexibility index (Phi) is 4.35. The van der Waals surface area contributed by atoms with Crippen LogP contribution in [-0.4, -0.2) is 26.5 Å². The van der Waals surface area contributed by atoms with Crippen LogP contribution in [0.4, 0.5) is 0 Å². The maximum atomic E-state index is 12.5. The number of rotatable bonds is 3. The lowest BCUT2D eigenvalue weighted by molar-refractivity contribution is 0.0955. The van der Waals surface area contributed by atoms with Gasteiger partial charge in [0.05, 0.1) is 17.3 Å². The van der Waals surface area contributed by atoms with Gasteiger partial charge in [-0.25, -0.2) is 10.4 Å². The summed E-state index contributed by atoms with van der Waals surface area (Å²) in [5.74, 6) is -0.444. The Morgan fingerprint density at radius 3 is 2.96 bits per heavy atom.